The Hall–Kier alpha value is -4.06. The number of carbonyl (C=O) groups excluding carboxylic acids is 2. The average Bonchev–Trinajstić information content (AvgIpc) is 2.75. The van der Waals surface area contributed by atoms with Crippen LogP contribution in [0.3, 0.4) is 0 Å². The van der Waals surface area contributed by atoms with Crippen LogP contribution < -0.4 is 9.47 Å². The number of hydrogen-bond donors (Lipinski definition) is 0. The van der Waals surface area contributed by atoms with Crippen LogP contribution in [0.4, 0.5) is 8.78 Å². The lowest BCUT2D eigenvalue weighted by atomic mass is 9.95. The highest BCUT2D eigenvalue weighted by Crippen LogP contribution is 2.45. The number of ether oxygens (including phenoxy) is 2. The molecule has 0 unspecified atom stereocenters. The van der Waals surface area contributed by atoms with Crippen LogP contribution in [0, 0.1) is 11.6 Å². The summed E-state index contributed by atoms with van der Waals surface area (Å²) in [7, 11) is 0. The number of carbonyl (C=O) groups is 2. The molecule has 0 aromatic heterocycles. The fourth-order valence-electron chi connectivity index (χ4n) is 3.64. The second-order valence-corrected chi connectivity index (χ2v) is 7.13. The van der Waals surface area contributed by atoms with Gasteiger partial charge < -0.3 is 9.47 Å². The minimum absolute atomic E-state index is 0.119. The van der Waals surface area contributed by atoms with Crippen LogP contribution in [0.15, 0.2) is 72.8 Å². The largest absolute Gasteiger partial charge is 0.425 e. The van der Waals surface area contributed by atoms with Gasteiger partial charge in [-0.25, -0.2) is 8.78 Å². The number of esters is 2. The molecule has 0 aliphatic heterocycles. The van der Waals surface area contributed by atoms with Crippen molar-refractivity contribution in [3.8, 4) is 33.8 Å². The predicted octanol–water partition coefficient (Wildman–Crippen LogP) is 6.30. The van der Waals surface area contributed by atoms with Gasteiger partial charge in [-0.15, -0.1) is 0 Å². The summed E-state index contributed by atoms with van der Waals surface area (Å²) < 4.78 is 40.0. The highest BCUT2D eigenvalue weighted by Gasteiger charge is 2.21. The second-order valence-electron chi connectivity index (χ2n) is 7.13. The van der Waals surface area contributed by atoms with E-state index in [-0.39, 0.29) is 22.6 Å². The fourth-order valence-corrected chi connectivity index (χ4v) is 3.64. The molecule has 4 aromatic carbocycles. The third kappa shape index (κ3) is 3.95. The van der Waals surface area contributed by atoms with Gasteiger partial charge in [0.25, 0.3) is 0 Å². The Bertz CT molecular complexity index is 1260. The molecule has 0 radical (unpaired) electrons. The Morgan fingerprint density at radius 1 is 0.562 bits per heavy atom. The molecule has 4 rings (SSSR count). The third-order valence-corrected chi connectivity index (χ3v) is 4.92. The van der Waals surface area contributed by atoms with E-state index in [0.717, 1.165) is 0 Å². The molecule has 0 saturated carbocycles. The molecule has 0 N–H and O–H groups in total. The monoisotopic (exact) mass is 432 g/mol. The van der Waals surface area contributed by atoms with Crippen molar-refractivity contribution in [2.24, 2.45) is 0 Å². The van der Waals surface area contributed by atoms with Gasteiger partial charge in [0, 0.05) is 46.9 Å². The van der Waals surface area contributed by atoms with Crippen molar-refractivity contribution in [2.45, 2.75) is 13.8 Å². The van der Waals surface area contributed by atoms with Crippen molar-refractivity contribution >= 4 is 22.7 Å². The fraction of sp³-hybridized carbons (Fsp3) is 0.0769. The van der Waals surface area contributed by atoms with Crippen LogP contribution in [0.2, 0.25) is 0 Å². The summed E-state index contributed by atoms with van der Waals surface area (Å²) >= 11 is 0. The topological polar surface area (TPSA) is 52.6 Å². The molecule has 0 atom stereocenters. The molecule has 160 valence electrons. The molecule has 0 heterocycles. The zero-order valence-corrected chi connectivity index (χ0v) is 17.3. The highest BCUT2D eigenvalue weighted by molar-refractivity contribution is 6.04. The van der Waals surface area contributed by atoms with E-state index in [1.807, 2.05) is 0 Å². The van der Waals surface area contributed by atoms with E-state index in [1.165, 1.54) is 26.0 Å². The summed E-state index contributed by atoms with van der Waals surface area (Å²) in [6.45, 7) is 2.48. The maximum absolute atomic E-state index is 14.5. The second kappa shape index (κ2) is 8.59. The van der Waals surface area contributed by atoms with Gasteiger partial charge in [-0.1, -0.05) is 36.4 Å². The Morgan fingerprint density at radius 2 is 0.938 bits per heavy atom. The summed E-state index contributed by atoms with van der Waals surface area (Å²) in [6, 6.07) is 18.7. The van der Waals surface area contributed by atoms with Crippen LogP contribution in [0.5, 0.6) is 11.5 Å². The molecule has 32 heavy (non-hydrogen) atoms. The Labute approximate surface area is 183 Å². The van der Waals surface area contributed by atoms with E-state index in [0.29, 0.717) is 21.9 Å². The van der Waals surface area contributed by atoms with E-state index < -0.39 is 23.6 Å². The number of benzene rings is 4. The Kier molecular flexibility index (Phi) is 5.69. The zero-order valence-electron chi connectivity index (χ0n) is 17.3. The van der Waals surface area contributed by atoms with Gasteiger partial charge in [-0.05, 0) is 36.4 Å². The molecule has 0 amide bonds. The van der Waals surface area contributed by atoms with E-state index in [9.17, 15) is 18.4 Å². The van der Waals surface area contributed by atoms with Crippen LogP contribution in [0.25, 0.3) is 33.0 Å². The van der Waals surface area contributed by atoms with Gasteiger partial charge >= 0.3 is 11.9 Å². The van der Waals surface area contributed by atoms with Gasteiger partial charge in [0.1, 0.15) is 23.1 Å². The smallest absolute Gasteiger partial charge is 0.308 e. The Balaban J connectivity index is 2.06. The molecule has 0 aliphatic rings. The van der Waals surface area contributed by atoms with Crippen molar-refractivity contribution in [3.05, 3.63) is 84.4 Å². The molecular weight excluding hydrogens is 414 g/mol. The summed E-state index contributed by atoms with van der Waals surface area (Å²) in [6.07, 6.45) is 0. The molecular formula is C26H18F2O4. The maximum atomic E-state index is 14.5. The highest BCUT2D eigenvalue weighted by atomic mass is 19.1. The molecule has 0 spiro atoms. The molecule has 0 fully saturated rings. The lowest BCUT2D eigenvalue weighted by Crippen LogP contribution is -2.06. The number of hydrogen-bond acceptors (Lipinski definition) is 4. The standard InChI is InChI=1S/C26H18F2O4/c1-15(29)31-25-19(17-7-3-5-9-23(17)27)11-14-22-21(25)13-12-20(26(22)32-16(2)30)18-8-4-6-10-24(18)28/h3-14H,1-2H3. The SMILES string of the molecule is CC(=O)Oc1c(-c2ccccc2F)ccc2c(OC(C)=O)c(-c3ccccc3F)ccc12. The van der Waals surface area contributed by atoms with Crippen LogP contribution >= 0.6 is 0 Å². The first kappa shape index (κ1) is 21.2. The van der Waals surface area contributed by atoms with Crippen molar-refractivity contribution in [1.29, 1.82) is 0 Å². The average molecular weight is 432 g/mol. The lowest BCUT2D eigenvalue weighted by Gasteiger charge is -2.17. The van der Waals surface area contributed by atoms with Gasteiger partial charge in [0.05, 0.1) is 0 Å². The molecule has 0 aliphatic carbocycles. The van der Waals surface area contributed by atoms with Gasteiger partial charge in [0.15, 0.2) is 0 Å². The van der Waals surface area contributed by atoms with E-state index in [4.69, 9.17) is 9.47 Å². The van der Waals surface area contributed by atoms with E-state index in [2.05, 4.69) is 0 Å². The minimum atomic E-state index is -0.595. The normalized spacial score (nSPS) is 10.8. The quantitative estimate of drug-likeness (QED) is 0.280. The van der Waals surface area contributed by atoms with Crippen molar-refractivity contribution < 1.29 is 27.8 Å². The van der Waals surface area contributed by atoms with E-state index in [1.54, 1.807) is 60.7 Å². The minimum Gasteiger partial charge on any atom is -0.425 e. The summed E-state index contributed by atoms with van der Waals surface area (Å²) in [4.78, 5) is 23.7. The Morgan fingerprint density at radius 3 is 1.28 bits per heavy atom. The number of fused-ring (bicyclic) bond motifs is 1. The van der Waals surface area contributed by atoms with Gasteiger partial charge in [-0.2, -0.15) is 0 Å². The summed E-state index contributed by atoms with van der Waals surface area (Å²) in [5, 5.41) is 0.828. The van der Waals surface area contributed by atoms with Crippen molar-refractivity contribution in [3.63, 3.8) is 0 Å². The van der Waals surface area contributed by atoms with Crippen molar-refractivity contribution in [1.82, 2.24) is 0 Å². The van der Waals surface area contributed by atoms with Crippen LogP contribution in [-0.2, 0) is 9.59 Å². The molecule has 0 bridgehead atoms. The first-order chi connectivity index (χ1) is 15.4. The molecule has 4 aromatic rings. The molecule has 4 nitrogen and oxygen atoms in total. The number of rotatable bonds is 4. The zero-order chi connectivity index (χ0) is 22.8. The maximum Gasteiger partial charge on any atom is 0.308 e. The van der Waals surface area contributed by atoms with Gasteiger partial charge in [-0.3, -0.25) is 9.59 Å². The third-order valence-electron chi connectivity index (χ3n) is 4.92. The predicted molar refractivity (Wildman–Crippen MR) is 117 cm³/mol. The van der Waals surface area contributed by atoms with Crippen LogP contribution in [-0.4, -0.2) is 11.9 Å². The van der Waals surface area contributed by atoms with Crippen LogP contribution in [0.1, 0.15) is 13.8 Å². The van der Waals surface area contributed by atoms with Crippen molar-refractivity contribution in [2.75, 3.05) is 0 Å². The van der Waals surface area contributed by atoms with Gasteiger partial charge in [0.2, 0.25) is 0 Å². The molecule has 0 saturated heterocycles. The first-order valence-electron chi connectivity index (χ1n) is 9.83. The summed E-state index contributed by atoms with van der Waals surface area (Å²) in [5.41, 5.74) is 1.21. The number of halogens is 2. The summed E-state index contributed by atoms with van der Waals surface area (Å²) in [5.74, 6) is -1.92. The molecule has 6 heteroatoms. The first-order valence-corrected chi connectivity index (χ1v) is 9.83. The van der Waals surface area contributed by atoms with E-state index >= 15 is 0 Å². The lowest BCUT2D eigenvalue weighted by molar-refractivity contribution is -0.132.